The van der Waals surface area contributed by atoms with Crippen LogP contribution in [-0.4, -0.2) is 26.0 Å². The molecule has 4 rings (SSSR count). The Morgan fingerprint density at radius 3 is 2.43 bits per heavy atom. The highest BCUT2D eigenvalue weighted by molar-refractivity contribution is 5.99. The second-order valence-electron chi connectivity index (χ2n) is 8.57. The number of aryl methyl sites for hydroxylation is 4. The van der Waals surface area contributed by atoms with Crippen molar-refractivity contribution in [3.63, 3.8) is 0 Å². The topological polar surface area (TPSA) is 97.5 Å². The van der Waals surface area contributed by atoms with E-state index < -0.39 is 5.56 Å². The number of rotatable bonds is 6. The summed E-state index contributed by atoms with van der Waals surface area (Å²) >= 11 is 0. The van der Waals surface area contributed by atoms with E-state index in [1.54, 1.807) is 30.4 Å². The summed E-state index contributed by atoms with van der Waals surface area (Å²) in [6.07, 6.45) is 1.43. The summed E-state index contributed by atoms with van der Waals surface area (Å²) in [6, 6.07) is 11.5. The number of benzene rings is 2. The molecule has 4 aromatic rings. The lowest BCUT2D eigenvalue weighted by Crippen LogP contribution is -2.31. The molecule has 2 aromatic heterocycles. The molecule has 2 amide bonds. The van der Waals surface area contributed by atoms with Crippen molar-refractivity contribution in [3.8, 4) is 0 Å². The Kier molecular flexibility index (Phi) is 6.50. The van der Waals surface area contributed by atoms with Crippen LogP contribution < -0.4 is 16.2 Å². The lowest BCUT2D eigenvalue weighted by Gasteiger charge is -2.10. The molecular formula is C26H26FN5O3. The van der Waals surface area contributed by atoms with E-state index in [9.17, 15) is 18.8 Å². The lowest BCUT2D eigenvalue weighted by atomic mass is 10.1. The normalized spacial score (nSPS) is 11.0. The van der Waals surface area contributed by atoms with Gasteiger partial charge >= 0.3 is 0 Å². The number of amides is 2. The predicted molar refractivity (Wildman–Crippen MR) is 131 cm³/mol. The number of fused-ring (bicyclic) bond motifs is 1. The van der Waals surface area contributed by atoms with Gasteiger partial charge in [0.2, 0.25) is 5.91 Å². The van der Waals surface area contributed by atoms with Crippen LogP contribution in [0.25, 0.3) is 5.52 Å². The first-order valence-corrected chi connectivity index (χ1v) is 11.1. The maximum absolute atomic E-state index is 13.2. The molecule has 0 aliphatic carbocycles. The summed E-state index contributed by atoms with van der Waals surface area (Å²) in [5.41, 5.74) is 4.65. The summed E-state index contributed by atoms with van der Waals surface area (Å²) < 4.78 is 15.8. The van der Waals surface area contributed by atoms with Crippen LogP contribution in [0.4, 0.5) is 10.1 Å². The second-order valence-corrected chi connectivity index (χ2v) is 8.57. The van der Waals surface area contributed by atoms with Crippen molar-refractivity contribution in [1.29, 1.82) is 0 Å². The Balaban J connectivity index is 1.57. The summed E-state index contributed by atoms with van der Waals surface area (Å²) in [7, 11) is 0. The zero-order chi connectivity index (χ0) is 25.3. The van der Waals surface area contributed by atoms with Crippen LogP contribution in [0, 0.1) is 33.5 Å². The van der Waals surface area contributed by atoms with E-state index in [1.807, 2.05) is 32.0 Å². The van der Waals surface area contributed by atoms with E-state index in [0.717, 1.165) is 21.4 Å². The molecule has 8 nitrogen and oxygen atoms in total. The molecular weight excluding hydrogens is 449 g/mol. The molecule has 2 N–H and O–H groups in total. The van der Waals surface area contributed by atoms with Crippen LogP contribution in [0.15, 0.2) is 53.6 Å². The van der Waals surface area contributed by atoms with Gasteiger partial charge in [0.15, 0.2) is 0 Å². The third-order valence-electron chi connectivity index (χ3n) is 5.98. The van der Waals surface area contributed by atoms with Crippen LogP contribution in [-0.2, 0) is 17.9 Å². The van der Waals surface area contributed by atoms with Gasteiger partial charge in [0, 0.05) is 17.9 Å². The minimum Gasteiger partial charge on any atom is -0.348 e. The molecule has 180 valence electrons. The fourth-order valence-corrected chi connectivity index (χ4v) is 4.15. The number of hydrogen-bond donors (Lipinski definition) is 2. The predicted octanol–water partition coefficient (Wildman–Crippen LogP) is 3.44. The molecule has 2 heterocycles. The molecule has 0 radical (unpaired) electrons. The number of hydrogen-bond acceptors (Lipinski definition) is 4. The Labute approximate surface area is 201 Å². The molecule has 0 saturated carbocycles. The zero-order valence-corrected chi connectivity index (χ0v) is 20.0. The fourth-order valence-electron chi connectivity index (χ4n) is 4.15. The number of anilines is 1. The second kappa shape index (κ2) is 9.54. The first-order valence-electron chi connectivity index (χ1n) is 11.1. The summed E-state index contributed by atoms with van der Waals surface area (Å²) in [4.78, 5) is 38.7. The average molecular weight is 476 g/mol. The maximum atomic E-state index is 13.2. The Morgan fingerprint density at radius 2 is 1.74 bits per heavy atom. The Morgan fingerprint density at radius 1 is 1.03 bits per heavy atom. The van der Waals surface area contributed by atoms with Crippen molar-refractivity contribution in [2.24, 2.45) is 0 Å². The van der Waals surface area contributed by atoms with Gasteiger partial charge in [-0.25, -0.2) is 9.07 Å². The SMILES string of the molecule is Cc1ccc(NC(=O)Cn2ncn3c(C)c(C(=O)NCc4ccc(F)cc4)c(C)c3c2=O)c(C)c1. The number of carbonyl (C=O) groups excluding carboxylic acids is 2. The van der Waals surface area contributed by atoms with E-state index in [0.29, 0.717) is 22.5 Å². The zero-order valence-electron chi connectivity index (χ0n) is 20.0. The molecule has 9 heteroatoms. The van der Waals surface area contributed by atoms with E-state index in [4.69, 9.17) is 0 Å². The summed E-state index contributed by atoms with van der Waals surface area (Å²) in [5.74, 6) is -1.09. The number of nitrogens with one attached hydrogen (secondary N) is 2. The van der Waals surface area contributed by atoms with Gasteiger partial charge in [-0.3, -0.25) is 18.8 Å². The Hall–Kier alpha value is -4.27. The molecule has 0 spiro atoms. The van der Waals surface area contributed by atoms with Crippen molar-refractivity contribution in [3.05, 3.63) is 98.5 Å². The fraction of sp³-hybridized carbons (Fsp3) is 0.231. The van der Waals surface area contributed by atoms with Gasteiger partial charge in [-0.15, -0.1) is 0 Å². The largest absolute Gasteiger partial charge is 0.348 e. The first-order chi connectivity index (χ1) is 16.7. The van der Waals surface area contributed by atoms with E-state index in [-0.39, 0.29) is 36.2 Å². The number of nitrogens with zero attached hydrogens (tertiary/aromatic N) is 3. The smallest absolute Gasteiger partial charge is 0.291 e. The minimum atomic E-state index is -0.471. The molecule has 0 bridgehead atoms. The van der Waals surface area contributed by atoms with Crippen molar-refractivity contribution in [2.75, 3.05) is 5.32 Å². The molecule has 0 atom stereocenters. The Bertz CT molecular complexity index is 1500. The van der Waals surface area contributed by atoms with Crippen molar-refractivity contribution < 1.29 is 14.0 Å². The number of halogens is 1. The van der Waals surface area contributed by atoms with Crippen LogP contribution >= 0.6 is 0 Å². The standard InChI is InChI=1S/C26H26FN5O3/c1-15-5-10-21(16(2)11-15)30-22(33)13-32-26(35)24-17(3)23(18(4)31(24)14-29-32)25(34)28-12-19-6-8-20(27)9-7-19/h5-11,14H,12-13H2,1-4H3,(H,28,34)(H,30,33). The lowest BCUT2D eigenvalue weighted by molar-refractivity contribution is -0.117. The molecule has 0 unspecified atom stereocenters. The minimum absolute atomic E-state index is 0.214. The highest BCUT2D eigenvalue weighted by Gasteiger charge is 2.22. The van der Waals surface area contributed by atoms with Crippen molar-refractivity contribution >= 4 is 23.0 Å². The van der Waals surface area contributed by atoms with Crippen molar-refractivity contribution in [2.45, 2.75) is 40.8 Å². The van der Waals surface area contributed by atoms with Crippen molar-refractivity contribution in [1.82, 2.24) is 19.5 Å². The number of aromatic nitrogens is 3. The summed E-state index contributed by atoms with van der Waals surface area (Å²) in [6.45, 7) is 7.23. The first kappa shape index (κ1) is 23.9. The average Bonchev–Trinajstić information content (AvgIpc) is 3.07. The monoisotopic (exact) mass is 475 g/mol. The molecule has 2 aromatic carbocycles. The molecule has 0 aliphatic heterocycles. The molecule has 0 saturated heterocycles. The van der Waals surface area contributed by atoms with Crippen LogP contribution in [0.5, 0.6) is 0 Å². The molecule has 0 fully saturated rings. The van der Waals surface area contributed by atoms with Gasteiger partial charge in [-0.1, -0.05) is 29.8 Å². The molecule has 0 aliphatic rings. The van der Waals surface area contributed by atoms with Gasteiger partial charge in [-0.05, 0) is 62.6 Å². The van der Waals surface area contributed by atoms with E-state index in [1.165, 1.54) is 18.5 Å². The van der Waals surface area contributed by atoms with Gasteiger partial charge in [0.25, 0.3) is 11.5 Å². The third kappa shape index (κ3) is 4.84. The molecule has 35 heavy (non-hydrogen) atoms. The van der Waals surface area contributed by atoms with E-state index >= 15 is 0 Å². The van der Waals surface area contributed by atoms with E-state index in [2.05, 4.69) is 15.7 Å². The van der Waals surface area contributed by atoms with Crippen LogP contribution in [0.2, 0.25) is 0 Å². The maximum Gasteiger partial charge on any atom is 0.291 e. The summed E-state index contributed by atoms with van der Waals surface area (Å²) in [5, 5.41) is 9.77. The van der Waals surface area contributed by atoms with Gasteiger partial charge < -0.3 is 10.6 Å². The quantitative estimate of drug-likeness (QED) is 0.446. The van der Waals surface area contributed by atoms with Gasteiger partial charge in [-0.2, -0.15) is 5.10 Å². The van der Waals surface area contributed by atoms with Gasteiger partial charge in [0.05, 0.1) is 5.56 Å². The third-order valence-corrected chi connectivity index (χ3v) is 5.98. The van der Waals surface area contributed by atoms with Crippen LogP contribution in [0.3, 0.4) is 0 Å². The number of carbonyl (C=O) groups is 2. The highest BCUT2D eigenvalue weighted by atomic mass is 19.1. The van der Waals surface area contributed by atoms with Gasteiger partial charge in [0.1, 0.15) is 24.2 Å². The van der Waals surface area contributed by atoms with Crippen LogP contribution in [0.1, 0.15) is 38.3 Å². The highest BCUT2D eigenvalue weighted by Crippen LogP contribution is 2.20.